The van der Waals surface area contributed by atoms with Gasteiger partial charge in [0, 0.05) is 38.6 Å². The maximum Gasteiger partial charge on any atom is 0.270 e. The summed E-state index contributed by atoms with van der Waals surface area (Å²) < 4.78 is 12.9. The van der Waals surface area contributed by atoms with E-state index in [0.29, 0.717) is 24.5 Å². The standard InChI is InChI=1S/C21H22FN5O/c1-27(13-9-17-6-10-23-11-7-17)20-14-19(25-15-26-20)21(28)24-12-8-16-2-4-18(22)5-3-16/h2-7,10-11,14-15H,8-9,12-13H2,1H3,(H,24,28). The summed E-state index contributed by atoms with van der Waals surface area (Å²) in [4.78, 5) is 26.7. The highest BCUT2D eigenvalue weighted by molar-refractivity contribution is 5.92. The monoisotopic (exact) mass is 379 g/mol. The highest BCUT2D eigenvalue weighted by Gasteiger charge is 2.11. The van der Waals surface area contributed by atoms with E-state index >= 15 is 0 Å². The van der Waals surface area contributed by atoms with Gasteiger partial charge < -0.3 is 10.2 Å². The molecule has 0 unspecified atom stereocenters. The second kappa shape index (κ2) is 9.55. The first-order chi connectivity index (χ1) is 13.6. The third-order valence-corrected chi connectivity index (χ3v) is 4.37. The van der Waals surface area contributed by atoms with E-state index in [4.69, 9.17) is 0 Å². The van der Waals surface area contributed by atoms with Crippen molar-refractivity contribution in [3.05, 3.63) is 83.8 Å². The van der Waals surface area contributed by atoms with Crippen LogP contribution in [0.5, 0.6) is 0 Å². The molecule has 0 fully saturated rings. The van der Waals surface area contributed by atoms with E-state index in [1.807, 2.05) is 24.1 Å². The molecule has 3 rings (SSSR count). The Balaban J connectivity index is 1.52. The van der Waals surface area contributed by atoms with Crippen molar-refractivity contribution >= 4 is 11.7 Å². The number of carbonyl (C=O) groups excluding carboxylic acids is 1. The van der Waals surface area contributed by atoms with Crippen molar-refractivity contribution in [2.24, 2.45) is 0 Å². The van der Waals surface area contributed by atoms with Gasteiger partial charge in [-0.05, 0) is 48.2 Å². The molecule has 0 aliphatic carbocycles. The molecule has 2 aromatic heterocycles. The highest BCUT2D eigenvalue weighted by atomic mass is 19.1. The molecule has 2 heterocycles. The molecule has 0 radical (unpaired) electrons. The fourth-order valence-electron chi connectivity index (χ4n) is 2.70. The first-order valence-corrected chi connectivity index (χ1v) is 9.06. The van der Waals surface area contributed by atoms with Crippen LogP contribution in [-0.4, -0.2) is 41.0 Å². The summed E-state index contributed by atoms with van der Waals surface area (Å²) in [6.07, 6.45) is 6.41. The number of anilines is 1. The third kappa shape index (κ3) is 5.57. The number of hydrogen-bond donors (Lipinski definition) is 1. The summed E-state index contributed by atoms with van der Waals surface area (Å²) in [6.45, 7) is 1.20. The Kier molecular flexibility index (Phi) is 6.62. The van der Waals surface area contributed by atoms with Crippen molar-refractivity contribution in [2.45, 2.75) is 12.8 Å². The summed E-state index contributed by atoms with van der Waals surface area (Å²) in [5.41, 5.74) is 2.47. The van der Waals surface area contributed by atoms with Crippen molar-refractivity contribution in [1.82, 2.24) is 20.3 Å². The number of amides is 1. The average molecular weight is 379 g/mol. The minimum atomic E-state index is -0.269. The molecule has 0 bridgehead atoms. The second-order valence-corrected chi connectivity index (χ2v) is 6.42. The Morgan fingerprint density at radius 2 is 1.75 bits per heavy atom. The fraction of sp³-hybridized carbons (Fsp3) is 0.238. The summed E-state index contributed by atoms with van der Waals surface area (Å²) in [7, 11) is 1.93. The minimum Gasteiger partial charge on any atom is -0.359 e. The molecule has 6 nitrogen and oxygen atoms in total. The van der Waals surface area contributed by atoms with Gasteiger partial charge in [-0.1, -0.05) is 12.1 Å². The number of benzene rings is 1. The lowest BCUT2D eigenvalue weighted by Crippen LogP contribution is -2.27. The number of nitrogens with zero attached hydrogens (tertiary/aromatic N) is 4. The van der Waals surface area contributed by atoms with E-state index in [9.17, 15) is 9.18 Å². The molecule has 0 atom stereocenters. The van der Waals surface area contributed by atoms with Crippen LogP contribution in [0.4, 0.5) is 10.2 Å². The first-order valence-electron chi connectivity index (χ1n) is 9.06. The molecule has 144 valence electrons. The smallest absolute Gasteiger partial charge is 0.270 e. The average Bonchev–Trinajstić information content (AvgIpc) is 2.74. The van der Waals surface area contributed by atoms with Crippen LogP contribution < -0.4 is 10.2 Å². The van der Waals surface area contributed by atoms with Crippen LogP contribution in [0.15, 0.2) is 61.2 Å². The first kappa shape index (κ1) is 19.4. The van der Waals surface area contributed by atoms with Crippen LogP contribution in [0.1, 0.15) is 21.6 Å². The van der Waals surface area contributed by atoms with Crippen molar-refractivity contribution < 1.29 is 9.18 Å². The van der Waals surface area contributed by atoms with Gasteiger partial charge in [-0.3, -0.25) is 9.78 Å². The molecular weight excluding hydrogens is 357 g/mol. The quantitative estimate of drug-likeness (QED) is 0.652. The summed E-state index contributed by atoms with van der Waals surface area (Å²) in [5, 5.41) is 2.84. The van der Waals surface area contributed by atoms with Gasteiger partial charge in [-0.15, -0.1) is 0 Å². The molecule has 0 aliphatic heterocycles. The van der Waals surface area contributed by atoms with Gasteiger partial charge in [0.2, 0.25) is 0 Å². The van der Waals surface area contributed by atoms with Crippen molar-refractivity contribution in [3.8, 4) is 0 Å². The van der Waals surface area contributed by atoms with Gasteiger partial charge in [0.05, 0.1) is 0 Å². The maximum atomic E-state index is 12.9. The van der Waals surface area contributed by atoms with E-state index in [2.05, 4.69) is 20.3 Å². The molecule has 0 saturated heterocycles. The van der Waals surface area contributed by atoms with Crippen LogP contribution in [-0.2, 0) is 12.8 Å². The lowest BCUT2D eigenvalue weighted by molar-refractivity contribution is 0.0949. The number of likely N-dealkylation sites (N-methyl/N-ethyl adjacent to an activating group) is 1. The van der Waals surface area contributed by atoms with Crippen molar-refractivity contribution in [3.63, 3.8) is 0 Å². The predicted molar refractivity (Wildman–Crippen MR) is 106 cm³/mol. The minimum absolute atomic E-state index is 0.256. The molecule has 1 amide bonds. The molecule has 0 aliphatic rings. The van der Waals surface area contributed by atoms with E-state index in [-0.39, 0.29) is 11.7 Å². The number of halogens is 1. The number of pyridine rings is 1. The highest BCUT2D eigenvalue weighted by Crippen LogP contribution is 2.11. The molecule has 1 aromatic carbocycles. The SMILES string of the molecule is CN(CCc1ccncc1)c1cc(C(=O)NCCc2ccc(F)cc2)ncn1. The summed E-state index contributed by atoms with van der Waals surface area (Å²) in [5.74, 6) is 0.162. The fourth-order valence-corrected chi connectivity index (χ4v) is 2.70. The Labute approximate surface area is 163 Å². The number of rotatable bonds is 8. The topological polar surface area (TPSA) is 71.0 Å². The van der Waals surface area contributed by atoms with E-state index in [1.54, 1.807) is 30.6 Å². The van der Waals surface area contributed by atoms with Gasteiger partial charge in [0.15, 0.2) is 0 Å². The number of carbonyl (C=O) groups is 1. The van der Waals surface area contributed by atoms with E-state index in [1.165, 1.54) is 24.0 Å². The van der Waals surface area contributed by atoms with Crippen LogP contribution in [0.2, 0.25) is 0 Å². The molecule has 0 spiro atoms. The van der Waals surface area contributed by atoms with Crippen molar-refractivity contribution in [2.75, 3.05) is 25.0 Å². The van der Waals surface area contributed by atoms with Crippen LogP contribution in [0, 0.1) is 5.82 Å². The molecule has 0 saturated carbocycles. The van der Waals surface area contributed by atoms with Crippen LogP contribution >= 0.6 is 0 Å². The van der Waals surface area contributed by atoms with Crippen LogP contribution in [0.3, 0.4) is 0 Å². The van der Waals surface area contributed by atoms with Gasteiger partial charge in [0.25, 0.3) is 5.91 Å². The summed E-state index contributed by atoms with van der Waals surface area (Å²) >= 11 is 0. The zero-order valence-electron chi connectivity index (χ0n) is 15.7. The van der Waals surface area contributed by atoms with Gasteiger partial charge >= 0.3 is 0 Å². The zero-order valence-corrected chi connectivity index (χ0v) is 15.7. The Hall–Kier alpha value is -3.35. The van der Waals surface area contributed by atoms with Gasteiger partial charge in [0.1, 0.15) is 23.7 Å². The van der Waals surface area contributed by atoms with Gasteiger partial charge in [-0.25, -0.2) is 14.4 Å². The van der Waals surface area contributed by atoms with E-state index in [0.717, 1.165) is 18.5 Å². The normalized spacial score (nSPS) is 10.5. The molecule has 28 heavy (non-hydrogen) atoms. The Morgan fingerprint density at radius 3 is 2.50 bits per heavy atom. The molecule has 1 N–H and O–H groups in total. The third-order valence-electron chi connectivity index (χ3n) is 4.37. The number of nitrogens with one attached hydrogen (secondary N) is 1. The molecule has 3 aromatic rings. The van der Waals surface area contributed by atoms with Gasteiger partial charge in [-0.2, -0.15) is 0 Å². The Morgan fingerprint density at radius 1 is 1.04 bits per heavy atom. The number of hydrogen-bond acceptors (Lipinski definition) is 5. The van der Waals surface area contributed by atoms with Crippen LogP contribution in [0.25, 0.3) is 0 Å². The van der Waals surface area contributed by atoms with E-state index < -0.39 is 0 Å². The lowest BCUT2D eigenvalue weighted by atomic mass is 10.1. The molecule has 7 heteroatoms. The maximum absolute atomic E-state index is 12.9. The second-order valence-electron chi connectivity index (χ2n) is 6.42. The number of aromatic nitrogens is 3. The lowest BCUT2D eigenvalue weighted by Gasteiger charge is -2.18. The molecular formula is C21H22FN5O. The largest absolute Gasteiger partial charge is 0.359 e. The Bertz CT molecular complexity index is 902. The van der Waals surface area contributed by atoms with Crippen molar-refractivity contribution in [1.29, 1.82) is 0 Å². The predicted octanol–water partition coefficient (Wildman–Crippen LogP) is 2.66. The summed E-state index contributed by atoms with van der Waals surface area (Å²) in [6, 6.07) is 11.9. The zero-order chi connectivity index (χ0) is 19.8.